The van der Waals surface area contributed by atoms with Crippen LogP contribution in [0.4, 0.5) is 0 Å². The molecular formula is C21H23NO2. The van der Waals surface area contributed by atoms with Gasteiger partial charge in [0.2, 0.25) is 0 Å². The first-order chi connectivity index (χ1) is 11.5. The van der Waals surface area contributed by atoms with E-state index in [0.29, 0.717) is 23.5 Å². The number of fused-ring (bicyclic) bond motifs is 5. The molecule has 0 radical (unpaired) electrons. The maximum absolute atomic E-state index is 10.5. The number of hydrogen-bond acceptors (Lipinski definition) is 3. The summed E-state index contributed by atoms with van der Waals surface area (Å²) in [5, 5.41) is 29.3. The molecule has 0 aliphatic heterocycles. The molecule has 1 aromatic rings. The van der Waals surface area contributed by atoms with Gasteiger partial charge in [-0.05, 0) is 78.5 Å². The number of phenols is 1. The Labute approximate surface area is 143 Å². The van der Waals surface area contributed by atoms with E-state index in [4.69, 9.17) is 5.26 Å². The minimum absolute atomic E-state index is 0.0117. The fourth-order valence-corrected chi connectivity index (χ4v) is 5.87. The molecule has 1 unspecified atom stereocenters. The van der Waals surface area contributed by atoms with Crippen LogP contribution in [0, 0.1) is 46.3 Å². The SMILES string of the molecule is C[C@]12CC[C@@H]3c4ccc(O)cc4CC(C#CC#N)[C@H]3[C@@H]1CC[C@H]2O. The Morgan fingerprint density at radius 2 is 2.08 bits per heavy atom. The van der Waals surface area contributed by atoms with Gasteiger partial charge in [0.25, 0.3) is 0 Å². The van der Waals surface area contributed by atoms with E-state index in [1.54, 1.807) is 6.07 Å². The van der Waals surface area contributed by atoms with Crippen molar-refractivity contribution in [2.75, 3.05) is 0 Å². The molecule has 3 aliphatic carbocycles. The standard InChI is InChI=1S/C21H23NO2/c1-21-9-8-17-16-5-4-15(23)12-14(16)11-13(3-2-10-22)20(17)18(21)6-7-19(21)24/h4-5,12-13,17-20,23-24H,6-9,11H2,1H3/t13?,17-,18+,19-,20-,21+/m1/s1. The molecule has 0 amide bonds. The van der Waals surface area contributed by atoms with Gasteiger partial charge in [0.1, 0.15) is 5.75 Å². The van der Waals surface area contributed by atoms with Crippen LogP contribution in [0.5, 0.6) is 5.75 Å². The summed E-state index contributed by atoms with van der Waals surface area (Å²) in [7, 11) is 0. The molecular weight excluding hydrogens is 298 g/mol. The van der Waals surface area contributed by atoms with Crippen LogP contribution in [0.3, 0.4) is 0 Å². The zero-order valence-electron chi connectivity index (χ0n) is 14.0. The Hall–Kier alpha value is -1.97. The first-order valence-electron chi connectivity index (χ1n) is 8.94. The molecule has 3 heteroatoms. The van der Waals surface area contributed by atoms with E-state index < -0.39 is 0 Å². The monoisotopic (exact) mass is 321 g/mol. The Morgan fingerprint density at radius 1 is 1.25 bits per heavy atom. The second-order valence-electron chi connectivity index (χ2n) is 8.00. The first-order valence-corrected chi connectivity index (χ1v) is 8.94. The first kappa shape index (κ1) is 15.6. The average molecular weight is 321 g/mol. The molecule has 6 atom stereocenters. The van der Waals surface area contributed by atoms with Crippen LogP contribution in [-0.4, -0.2) is 16.3 Å². The van der Waals surface area contributed by atoms with Gasteiger partial charge in [-0.2, -0.15) is 5.26 Å². The van der Waals surface area contributed by atoms with Crippen molar-refractivity contribution >= 4 is 0 Å². The van der Waals surface area contributed by atoms with E-state index in [2.05, 4.69) is 24.8 Å². The molecule has 0 saturated heterocycles. The quantitative estimate of drug-likeness (QED) is 0.720. The maximum Gasteiger partial charge on any atom is 0.152 e. The molecule has 0 bridgehead atoms. The third-order valence-electron chi connectivity index (χ3n) is 7.03. The third kappa shape index (κ3) is 2.15. The zero-order chi connectivity index (χ0) is 16.9. The van der Waals surface area contributed by atoms with Crippen molar-refractivity contribution in [3.8, 4) is 23.7 Å². The molecule has 2 N–H and O–H groups in total. The highest BCUT2D eigenvalue weighted by Crippen LogP contribution is 2.62. The van der Waals surface area contributed by atoms with Gasteiger partial charge in [0.05, 0.1) is 6.10 Å². The highest BCUT2D eigenvalue weighted by atomic mass is 16.3. The largest absolute Gasteiger partial charge is 0.508 e. The van der Waals surface area contributed by atoms with E-state index in [1.807, 2.05) is 12.1 Å². The van der Waals surface area contributed by atoms with Crippen molar-refractivity contribution in [3.63, 3.8) is 0 Å². The summed E-state index contributed by atoms with van der Waals surface area (Å²) in [6.07, 6.45) is 4.61. The van der Waals surface area contributed by atoms with E-state index in [9.17, 15) is 10.2 Å². The van der Waals surface area contributed by atoms with Crippen molar-refractivity contribution in [3.05, 3.63) is 29.3 Å². The number of rotatable bonds is 0. The highest BCUT2D eigenvalue weighted by molar-refractivity contribution is 5.42. The van der Waals surface area contributed by atoms with E-state index in [1.165, 1.54) is 11.1 Å². The molecule has 3 nitrogen and oxygen atoms in total. The van der Waals surface area contributed by atoms with Crippen molar-refractivity contribution in [2.24, 2.45) is 23.2 Å². The summed E-state index contributed by atoms with van der Waals surface area (Å²) < 4.78 is 0. The predicted octanol–water partition coefficient (Wildman–Crippen LogP) is 3.36. The molecule has 0 aromatic heterocycles. The molecule has 2 saturated carbocycles. The number of aromatic hydroxyl groups is 1. The van der Waals surface area contributed by atoms with E-state index in [-0.39, 0.29) is 17.4 Å². The number of phenolic OH excluding ortho intramolecular Hbond substituents is 1. The Morgan fingerprint density at radius 3 is 2.88 bits per heavy atom. The smallest absolute Gasteiger partial charge is 0.152 e. The Kier molecular flexibility index (Phi) is 3.59. The summed E-state index contributed by atoms with van der Waals surface area (Å²) in [6.45, 7) is 2.24. The molecule has 0 spiro atoms. The third-order valence-corrected chi connectivity index (χ3v) is 7.03. The van der Waals surface area contributed by atoms with Crippen molar-refractivity contribution in [1.29, 1.82) is 5.26 Å². The summed E-state index contributed by atoms with van der Waals surface area (Å²) >= 11 is 0. The molecule has 4 rings (SSSR count). The summed E-state index contributed by atoms with van der Waals surface area (Å²) in [5.74, 6) is 7.56. The van der Waals surface area contributed by atoms with Crippen LogP contribution in [-0.2, 0) is 6.42 Å². The lowest BCUT2D eigenvalue weighted by molar-refractivity contribution is -0.0309. The van der Waals surface area contributed by atoms with Gasteiger partial charge >= 0.3 is 0 Å². The van der Waals surface area contributed by atoms with Crippen LogP contribution >= 0.6 is 0 Å². The van der Waals surface area contributed by atoms with Crippen LogP contribution in [0.15, 0.2) is 18.2 Å². The van der Waals surface area contributed by atoms with Crippen molar-refractivity contribution in [1.82, 2.24) is 0 Å². The molecule has 2 fully saturated rings. The number of aliphatic hydroxyl groups excluding tert-OH is 1. The second-order valence-corrected chi connectivity index (χ2v) is 8.00. The van der Waals surface area contributed by atoms with E-state index in [0.717, 1.165) is 32.1 Å². The van der Waals surface area contributed by atoms with Gasteiger partial charge in [0, 0.05) is 11.8 Å². The number of nitrogens with zero attached hydrogens (tertiary/aromatic N) is 1. The number of nitriles is 1. The predicted molar refractivity (Wildman–Crippen MR) is 91.0 cm³/mol. The minimum atomic E-state index is -0.214. The van der Waals surface area contributed by atoms with Gasteiger partial charge in [-0.15, -0.1) is 0 Å². The summed E-state index contributed by atoms with van der Waals surface area (Å²) in [4.78, 5) is 0. The van der Waals surface area contributed by atoms with Gasteiger partial charge in [-0.1, -0.05) is 18.9 Å². The fraction of sp³-hybridized carbons (Fsp3) is 0.571. The topological polar surface area (TPSA) is 64.2 Å². The maximum atomic E-state index is 10.5. The molecule has 124 valence electrons. The van der Waals surface area contributed by atoms with Gasteiger partial charge in [-0.25, -0.2) is 0 Å². The lowest BCUT2D eigenvalue weighted by Crippen LogP contribution is -2.47. The number of benzene rings is 1. The highest BCUT2D eigenvalue weighted by Gasteiger charge is 2.56. The molecule has 3 aliphatic rings. The average Bonchev–Trinajstić information content (AvgIpc) is 2.87. The van der Waals surface area contributed by atoms with Crippen LogP contribution < -0.4 is 0 Å². The normalized spacial score (nSPS) is 39.6. The molecule has 1 aromatic carbocycles. The van der Waals surface area contributed by atoms with Gasteiger partial charge in [0.15, 0.2) is 6.07 Å². The zero-order valence-corrected chi connectivity index (χ0v) is 14.0. The number of aliphatic hydroxyl groups is 1. The lowest BCUT2D eigenvalue weighted by atomic mass is 9.52. The number of hydrogen-bond donors (Lipinski definition) is 2. The molecule has 0 heterocycles. The fourth-order valence-electron chi connectivity index (χ4n) is 5.87. The Balaban J connectivity index is 1.80. The van der Waals surface area contributed by atoms with Crippen molar-refractivity contribution < 1.29 is 10.2 Å². The Bertz CT molecular complexity index is 768. The second kappa shape index (κ2) is 5.54. The summed E-state index contributed by atoms with van der Waals surface area (Å²) in [6, 6.07) is 7.69. The van der Waals surface area contributed by atoms with E-state index >= 15 is 0 Å². The van der Waals surface area contributed by atoms with Crippen LogP contribution in [0.2, 0.25) is 0 Å². The van der Waals surface area contributed by atoms with Gasteiger partial charge < -0.3 is 10.2 Å². The summed E-state index contributed by atoms with van der Waals surface area (Å²) in [5.41, 5.74) is 2.51. The lowest BCUT2D eigenvalue weighted by Gasteiger charge is -2.52. The van der Waals surface area contributed by atoms with Crippen molar-refractivity contribution in [2.45, 2.75) is 51.0 Å². The minimum Gasteiger partial charge on any atom is -0.508 e. The van der Waals surface area contributed by atoms with Gasteiger partial charge in [-0.3, -0.25) is 0 Å². The molecule has 24 heavy (non-hydrogen) atoms. The van der Waals surface area contributed by atoms with Crippen LogP contribution in [0.25, 0.3) is 0 Å². The van der Waals surface area contributed by atoms with Crippen LogP contribution in [0.1, 0.15) is 49.7 Å².